The van der Waals surface area contributed by atoms with E-state index in [1.807, 2.05) is 0 Å². The molecule has 0 amide bonds. The molecule has 3 heteroatoms. The average Bonchev–Trinajstić information content (AvgIpc) is 2.29. The summed E-state index contributed by atoms with van der Waals surface area (Å²) in [6.07, 6.45) is 2.40. The Labute approximate surface area is 61.2 Å². The first kappa shape index (κ1) is 7.32. The zero-order valence-electron chi connectivity index (χ0n) is 5.30. The summed E-state index contributed by atoms with van der Waals surface area (Å²) < 4.78 is 5.21. The maximum absolute atomic E-state index is 5.68. The van der Waals surface area contributed by atoms with Crippen LogP contribution < -0.4 is 5.73 Å². The van der Waals surface area contributed by atoms with Crippen LogP contribution in [0.3, 0.4) is 0 Å². The minimum Gasteiger partial charge on any atom is -0.381 e. The molecule has 2 rings (SSSR count). The van der Waals surface area contributed by atoms with Crippen LogP contribution >= 0.6 is 12.4 Å². The summed E-state index contributed by atoms with van der Waals surface area (Å²) >= 11 is 0. The van der Waals surface area contributed by atoms with Crippen molar-refractivity contribution in [1.82, 2.24) is 0 Å². The summed E-state index contributed by atoms with van der Waals surface area (Å²) in [6.45, 7) is 1.86. The van der Waals surface area contributed by atoms with Crippen LogP contribution in [0.4, 0.5) is 0 Å². The van der Waals surface area contributed by atoms with Gasteiger partial charge in [0.15, 0.2) is 0 Å². The van der Waals surface area contributed by atoms with E-state index >= 15 is 0 Å². The second kappa shape index (κ2) is 2.11. The third-order valence-corrected chi connectivity index (χ3v) is 2.39. The van der Waals surface area contributed by atoms with E-state index in [2.05, 4.69) is 0 Å². The summed E-state index contributed by atoms with van der Waals surface area (Å²) in [5.74, 6) is 0. The zero-order valence-corrected chi connectivity index (χ0v) is 6.12. The molecule has 0 radical (unpaired) electrons. The molecular formula is C6H12ClNO. The molecule has 2 atom stereocenters. The molecule has 0 bridgehead atoms. The van der Waals surface area contributed by atoms with Gasteiger partial charge in [-0.25, -0.2) is 0 Å². The van der Waals surface area contributed by atoms with Gasteiger partial charge in [0.1, 0.15) is 0 Å². The number of ether oxygens (including phenoxy) is 1. The van der Waals surface area contributed by atoms with Crippen molar-refractivity contribution in [2.24, 2.45) is 11.1 Å². The topological polar surface area (TPSA) is 35.2 Å². The van der Waals surface area contributed by atoms with Crippen molar-refractivity contribution in [2.75, 3.05) is 13.2 Å². The van der Waals surface area contributed by atoms with Crippen molar-refractivity contribution < 1.29 is 4.74 Å². The monoisotopic (exact) mass is 149 g/mol. The van der Waals surface area contributed by atoms with Crippen molar-refractivity contribution in [2.45, 2.75) is 18.9 Å². The predicted molar refractivity (Wildman–Crippen MR) is 37.7 cm³/mol. The van der Waals surface area contributed by atoms with Crippen molar-refractivity contribution >= 4 is 12.4 Å². The third kappa shape index (κ3) is 0.955. The standard InChI is InChI=1S/C6H11NO.ClH/c7-5-3-6(5)1-2-8-4-6;/h5H,1-4,7H2;1H. The van der Waals surface area contributed by atoms with E-state index in [-0.39, 0.29) is 12.4 Å². The van der Waals surface area contributed by atoms with Gasteiger partial charge in [0.05, 0.1) is 6.61 Å². The first-order valence-corrected chi connectivity index (χ1v) is 3.17. The Kier molecular flexibility index (Phi) is 1.72. The van der Waals surface area contributed by atoms with E-state index in [0.29, 0.717) is 11.5 Å². The van der Waals surface area contributed by atoms with Crippen molar-refractivity contribution in [3.63, 3.8) is 0 Å². The van der Waals surface area contributed by atoms with Crippen LogP contribution in [0, 0.1) is 5.41 Å². The smallest absolute Gasteiger partial charge is 0.0538 e. The van der Waals surface area contributed by atoms with E-state index in [4.69, 9.17) is 10.5 Å². The van der Waals surface area contributed by atoms with Gasteiger partial charge in [-0.1, -0.05) is 0 Å². The highest BCUT2D eigenvalue weighted by molar-refractivity contribution is 5.85. The highest BCUT2D eigenvalue weighted by Gasteiger charge is 2.53. The fourth-order valence-corrected chi connectivity index (χ4v) is 1.46. The van der Waals surface area contributed by atoms with Crippen LogP contribution in [-0.4, -0.2) is 19.3 Å². The molecule has 54 valence electrons. The number of nitrogens with two attached hydrogens (primary N) is 1. The number of hydrogen-bond donors (Lipinski definition) is 1. The van der Waals surface area contributed by atoms with E-state index in [0.717, 1.165) is 13.2 Å². The number of halogens is 1. The molecule has 2 N–H and O–H groups in total. The molecule has 1 spiro atoms. The zero-order chi connectivity index (χ0) is 5.61. The maximum Gasteiger partial charge on any atom is 0.0538 e. The molecule has 2 unspecified atom stereocenters. The Bertz CT molecular complexity index is 112. The van der Waals surface area contributed by atoms with Gasteiger partial charge < -0.3 is 10.5 Å². The Balaban J connectivity index is 0.000000405. The molecule has 9 heavy (non-hydrogen) atoms. The molecule has 2 fully saturated rings. The van der Waals surface area contributed by atoms with Gasteiger partial charge in [-0.05, 0) is 12.8 Å². The van der Waals surface area contributed by atoms with Gasteiger partial charge in [0.2, 0.25) is 0 Å². The van der Waals surface area contributed by atoms with Gasteiger partial charge in [-0.15, -0.1) is 12.4 Å². The molecule has 0 aromatic rings. The van der Waals surface area contributed by atoms with Crippen LogP contribution in [0.5, 0.6) is 0 Å². The SMILES string of the molecule is Cl.NC1CC12CCOC2. The average molecular weight is 150 g/mol. The normalized spacial score (nSPS) is 47.0. The lowest BCUT2D eigenvalue weighted by molar-refractivity contribution is 0.181. The molecule has 2 aliphatic rings. The summed E-state index contributed by atoms with van der Waals surface area (Å²) in [7, 11) is 0. The van der Waals surface area contributed by atoms with Crippen LogP contribution in [-0.2, 0) is 4.74 Å². The Morgan fingerprint density at radius 1 is 1.56 bits per heavy atom. The summed E-state index contributed by atoms with van der Waals surface area (Å²) in [6, 6.07) is 0.463. The van der Waals surface area contributed by atoms with E-state index in [1.165, 1.54) is 12.8 Å². The number of hydrogen-bond acceptors (Lipinski definition) is 2. The molecule has 1 heterocycles. The van der Waals surface area contributed by atoms with E-state index in [1.54, 1.807) is 0 Å². The van der Waals surface area contributed by atoms with Crippen LogP contribution in [0.2, 0.25) is 0 Å². The fourth-order valence-electron chi connectivity index (χ4n) is 1.46. The van der Waals surface area contributed by atoms with Gasteiger partial charge in [0, 0.05) is 18.1 Å². The first-order valence-electron chi connectivity index (χ1n) is 3.17. The largest absolute Gasteiger partial charge is 0.381 e. The Hall–Kier alpha value is 0.210. The van der Waals surface area contributed by atoms with Crippen molar-refractivity contribution in [3.8, 4) is 0 Å². The molecule has 0 aromatic heterocycles. The van der Waals surface area contributed by atoms with Crippen LogP contribution in [0.1, 0.15) is 12.8 Å². The molecular weight excluding hydrogens is 138 g/mol. The van der Waals surface area contributed by atoms with E-state index < -0.39 is 0 Å². The lowest BCUT2D eigenvalue weighted by atomic mass is 10.1. The minimum atomic E-state index is 0. The maximum atomic E-state index is 5.68. The van der Waals surface area contributed by atoms with E-state index in [9.17, 15) is 0 Å². The highest BCUT2D eigenvalue weighted by atomic mass is 35.5. The molecule has 2 nitrogen and oxygen atoms in total. The molecule has 0 aromatic carbocycles. The van der Waals surface area contributed by atoms with Crippen LogP contribution in [0.25, 0.3) is 0 Å². The minimum absolute atomic E-state index is 0. The molecule has 1 saturated carbocycles. The first-order chi connectivity index (χ1) is 3.83. The third-order valence-electron chi connectivity index (χ3n) is 2.39. The quantitative estimate of drug-likeness (QED) is 0.546. The fraction of sp³-hybridized carbons (Fsp3) is 1.00. The van der Waals surface area contributed by atoms with Gasteiger partial charge in [-0.3, -0.25) is 0 Å². The highest BCUT2D eigenvalue weighted by Crippen LogP contribution is 2.50. The second-order valence-electron chi connectivity index (χ2n) is 2.98. The van der Waals surface area contributed by atoms with Gasteiger partial charge in [0.25, 0.3) is 0 Å². The molecule has 1 saturated heterocycles. The second-order valence-corrected chi connectivity index (χ2v) is 2.98. The molecule has 1 aliphatic heterocycles. The van der Waals surface area contributed by atoms with Crippen molar-refractivity contribution in [1.29, 1.82) is 0 Å². The summed E-state index contributed by atoms with van der Waals surface area (Å²) in [5, 5.41) is 0. The predicted octanol–water partition coefficient (Wildman–Crippen LogP) is 0.546. The Morgan fingerprint density at radius 2 is 2.22 bits per heavy atom. The molecule has 1 aliphatic carbocycles. The van der Waals surface area contributed by atoms with Gasteiger partial charge in [-0.2, -0.15) is 0 Å². The van der Waals surface area contributed by atoms with Crippen LogP contribution in [0.15, 0.2) is 0 Å². The Morgan fingerprint density at radius 3 is 2.44 bits per heavy atom. The van der Waals surface area contributed by atoms with Gasteiger partial charge >= 0.3 is 0 Å². The summed E-state index contributed by atoms with van der Waals surface area (Å²) in [4.78, 5) is 0. The van der Waals surface area contributed by atoms with Crippen molar-refractivity contribution in [3.05, 3.63) is 0 Å². The summed E-state index contributed by atoms with van der Waals surface area (Å²) in [5.41, 5.74) is 6.14. The number of rotatable bonds is 0. The lowest BCUT2D eigenvalue weighted by Crippen LogP contribution is -2.13. The lowest BCUT2D eigenvalue weighted by Gasteiger charge is -1.99.